The molecule has 0 heterocycles. The van der Waals surface area contributed by atoms with Gasteiger partial charge in [0.15, 0.2) is 5.57 Å². The first-order valence-corrected chi connectivity index (χ1v) is 8.11. The van der Waals surface area contributed by atoms with Gasteiger partial charge in [-0.15, -0.1) is 11.8 Å². The summed E-state index contributed by atoms with van der Waals surface area (Å²) in [7, 11) is 0. The molecule has 0 bridgehead atoms. The molecule has 6 nitrogen and oxygen atoms in total. The van der Waals surface area contributed by atoms with Crippen molar-refractivity contribution in [3.8, 4) is 6.07 Å². The molecular formula is C14H13Cl2N3O3S. The lowest BCUT2D eigenvalue weighted by atomic mass is 10.3. The monoisotopic (exact) mass is 373 g/mol. The molecule has 0 radical (unpaired) electrons. The number of ether oxygens (including phenoxy) is 1. The standard InChI is InChI=1S/C14H13Cl2N3O3S/c1-2-22-14(21)9(6-17)7-18-19-13(20)8-23-12-5-10(15)3-4-11(12)16/h3-5,7,18H,2,8H2,1H3,(H,19,20)/b9-7+. The average molecular weight is 374 g/mol. The first kappa shape index (κ1) is 19.2. The smallest absolute Gasteiger partial charge is 0.350 e. The minimum absolute atomic E-state index is 0.0716. The van der Waals surface area contributed by atoms with E-state index >= 15 is 0 Å². The van der Waals surface area contributed by atoms with E-state index < -0.39 is 5.97 Å². The second-order valence-electron chi connectivity index (χ2n) is 3.95. The first-order chi connectivity index (χ1) is 11.0. The molecule has 0 saturated carbocycles. The van der Waals surface area contributed by atoms with E-state index in [9.17, 15) is 9.59 Å². The maximum Gasteiger partial charge on any atom is 0.350 e. The number of carbonyl (C=O) groups excluding carboxylic acids is 2. The van der Waals surface area contributed by atoms with Gasteiger partial charge in [-0.3, -0.25) is 10.2 Å². The van der Waals surface area contributed by atoms with Crippen LogP contribution in [-0.2, 0) is 14.3 Å². The Balaban J connectivity index is 2.47. The number of thioether (sulfide) groups is 1. The number of nitrogens with zero attached hydrogens (tertiary/aromatic N) is 1. The van der Waals surface area contributed by atoms with Gasteiger partial charge < -0.3 is 10.2 Å². The van der Waals surface area contributed by atoms with Crippen molar-refractivity contribution in [3.63, 3.8) is 0 Å². The average Bonchev–Trinajstić information content (AvgIpc) is 2.52. The van der Waals surface area contributed by atoms with E-state index in [1.165, 1.54) is 11.8 Å². The van der Waals surface area contributed by atoms with Gasteiger partial charge in [0, 0.05) is 16.1 Å². The Hall–Kier alpha value is -1.88. The van der Waals surface area contributed by atoms with E-state index in [0.717, 1.165) is 6.20 Å². The quantitative estimate of drug-likeness (QED) is 0.251. The largest absolute Gasteiger partial charge is 0.462 e. The molecule has 1 amide bonds. The van der Waals surface area contributed by atoms with Gasteiger partial charge in [0.1, 0.15) is 6.07 Å². The molecule has 0 aromatic heterocycles. The van der Waals surface area contributed by atoms with E-state index in [0.29, 0.717) is 14.9 Å². The molecule has 0 aliphatic heterocycles. The Morgan fingerprint density at radius 3 is 2.83 bits per heavy atom. The van der Waals surface area contributed by atoms with Crippen molar-refractivity contribution in [1.82, 2.24) is 10.9 Å². The predicted octanol–water partition coefficient (Wildman–Crippen LogP) is 2.68. The molecule has 1 aromatic carbocycles. The van der Waals surface area contributed by atoms with Gasteiger partial charge in [-0.05, 0) is 25.1 Å². The zero-order valence-corrected chi connectivity index (χ0v) is 14.4. The molecule has 0 aliphatic carbocycles. The number of esters is 1. The molecule has 23 heavy (non-hydrogen) atoms. The van der Waals surface area contributed by atoms with Crippen LogP contribution in [0.25, 0.3) is 0 Å². The van der Waals surface area contributed by atoms with Crippen molar-refractivity contribution in [2.45, 2.75) is 11.8 Å². The van der Waals surface area contributed by atoms with Crippen molar-refractivity contribution in [3.05, 3.63) is 40.0 Å². The molecule has 0 aliphatic rings. The number of hydrogen-bond donors (Lipinski definition) is 2. The van der Waals surface area contributed by atoms with Gasteiger partial charge in [0.05, 0.1) is 17.4 Å². The fourth-order valence-corrected chi connectivity index (χ4v) is 2.59. The van der Waals surface area contributed by atoms with Crippen LogP contribution in [0.1, 0.15) is 6.92 Å². The Morgan fingerprint density at radius 2 is 2.17 bits per heavy atom. The summed E-state index contributed by atoms with van der Waals surface area (Å²) in [5, 5.41) is 9.81. The summed E-state index contributed by atoms with van der Waals surface area (Å²) in [6.45, 7) is 1.78. The number of amides is 1. The molecule has 1 rings (SSSR count). The minimum atomic E-state index is -0.767. The molecule has 2 N–H and O–H groups in total. The van der Waals surface area contributed by atoms with E-state index in [1.54, 1.807) is 31.2 Å². The zero-order valence-electron chi connectivity index (χ0n) is 12.1. The van der Waals surface area contributed by atoms with Crippen molar-refractivity contribution >= 4 is 46.8 Å². The summed E-state index contributed by atoms with van der Waals surface area (Å²) in [4.78, 5) is 23.7. The van der Waals surface area contributed by atoms with Gasteiger partial charge in [0.25, 0.3) is 0 Å². The molecule has 0 unspecified atom stereocenters. The highest BCUT2D eigenvalue weighted by atomic mass is 35.5. The maximum absolute atomic E-state index is 11.7. The van der Waals surface area contributed by atoms with Crippen LogP contribution >= 0.6 is 35.0 Å². The van der Waals surface area contributed by atoms with Crippen LogP contribution in [0.15, 0.2) is 34.9 Å². The second kappa shape index (κ2) is 10.0. The lowest BCUT2D eigenvalue weighted by Crippen LogP contribution is -2.35. The molecule has 0 spiro atoms. The summed E-state index contributed by atoms with van der Waals surface area (Å²) in [5.74, 6) is -1.07. The maximum atomic E-state index is 11.7. The molecule has 9 heteroatoms. The third-order valence-electron chi connectivity index (χ3n) is 2.30. The van der Waals surface area contributed by atoms with E-state index in [1.807, 2.05) is 0 Å². The molecule has 0 saturated heterocycles. The van der Waals surface area contributed by atoms with Gasteiger partial charge in [-0.2, -0.15) is 5.26 Å². The Morgan fingerprint density at radius 1 is 1.43 bits per heavy atom. The number of hydrogen-bond acceptors (Lipinski definition) is 6. The van der Waals surface area contributed by atoms with Gasteiger partial charge in [-0.1, -0.05) is 23.2 Å². The molecule has 1 aromatic rings. The number of benzene rings is 1. The van der Waals surface area contributed by atoms with Gasteiger partial charge >= 0.3 is 5.97 Å². The fourth-order valence-electron chi connectivity index (χ4n) is 1.30. The molecular weight excluding hydrogens is 361 g/mol. The normalized spacial score (nSPS) is 10.6. The number of rotatable bonds is 7. The summed E-state index contributed by atoms with van der Waals surface area (Å²) < 4.78 is 4.67. The Kier molecular flexibility index (Phi) is 8.33. The number of nitrogens with one attached hydrogen (secondary N) is 2. The number of hydrazine groups is 1. The molecule has 0 atom stereocenters. The first-order valence-electron chi connectivity index (χ1n) is 6.37. The van der Waals surface area contributed by atoms with Crippen molar-refractivity contribution < 1.29 is 14.3 Å². The van der Waals surface area contributed by atoms with Gasteiger partial charge in [-0.25, -0.2) is 4.79 Å². The summed E-state index contributed by atoms with van der Waals surface area (Å²) in [6, 6.07) is 6.62. The van der Waals surface area contributed by atoms with Crippen LogP contribution in [0.2, 0.25) is 10.0 Å². The third-order valence-corrected chi connectivity index (χ3v) is 4.03. The Bertz CT molecular complexity index is 659. The lowest BCUT2D eigenvalue weighted by molar-refractivity contribution is -0.138. The van der Waals surface area contributed by atoms with Crippen LogP contribution in [-0.4, -0.2) is 24.2 Å². The highest BCUT2D eigenvalue weighted by Crippen LogP contribution is 2.29. The van der Waals surface area contributed by atoms with Crippen LogP contribution < -0.4 is 10.9 Å². The van der Waals surface area contributed by atoms with E-state index in [4.69, 9.17) is 28.5 Å². The third kappa shape index (κ3) is 6.82. The Labute approximate surface area is 147 Å². The van der Waals surface area contributed by atoms with Crippen LogP contribution in [0.5, 0.6) is 0 Å². The highest BCUT2D eigenvalue weighted by Gasteiger charge is 2.10. The molecule has 0 fully saturated rings. The SMILES string of the molecule is CCOC(=O)/C(C#N)=C/NNC(=O)CSc1cc(Cl)ccc1Cl. The number of halogens is 2. The zero-order chi connectivity index (χ0) is 17.2. The molecule has 122 valence electrons. The summed E-state index contributed by atoms with van der Waals surface area (Å²) >= 11 is 13.0. The van der Waals surface area contributed by atoms with Crippen molar-refractivity contribution in [2.24, 2.45) is 0 Å². The van der Waals surface area contributed by atoms with Gasteiger partial charge in [0.2, 0.25) is 5.91 Å². The number of carbonyl (C=O) groups is 2. The fraction of sp³-hybridized carbons (Fsp3) is 0.214. The van der Waals surface area contributed by atoms with Crippen molar-refractivity contribution in [2.75, 3.05) is 12.4 Å². The van der Waals surface area contributed by atoms with Crippen LogP contribution in [0.3, 0.4) is 0 Å². The van der Waals surface area contributed by atoms with E-state index in [-0.39, 0.29) is 23.8 Å². The second-order valence-corrected chi connectivity index (χ2v) is 5.81. The van der Waals surface area contributed by atoms with Crippen LogP contribution in [0.4, 0.5) is 0 Å². The minimum Gasteiger partial charge on any atom is -0.462 e. The number of nitriles is 1. The lowest BCUT2D eigenvalue weighted by Gasteiger charge is -2.06. The highest BCUT2D eigenvalue weighted by molar-refractivity contribution is 8.00. The summed E-state index contributed by atoms with van der Waals surface area (Å²) in [6.07, 6.45) is 1.06. The summed E-state index contributed by atoms with van der Waals surface area (Å²) in [5.41, 5.74) is 4.46. The van der Waals surface area contributed by atoms with Crippen LogP contribution in [0, 0.1) is 11.3 Å². The van der Waals surface area contributed by atoms with Crippen molar-refractivity contribution in [1.29, 1.82) is 5.26 Å². The van der Waals surface area contributed by atoms with E-state index in [2.05, 4.69) is 15.6 Å². The predicted molar refractivity (Wildman–Crippen MR) is 88.8 cm³/mol. The topological polar surface area (TPSA) is 91.2 Å².